The summed E-state index contributed by atoms with van der Waals surface area (Å²) >= 11 is 9.01. The van der Waals surface area contributed by atoms with E-state index < -0.39 is 0 Å². The van der Waals surface area contributed by atoms with Crippen molar-refractivity contribution in [3.05, 3.63) is 65.5 Å². The van der Waals surface area contributed by atoms with E-state index in [9.17, 15) is 0 Å². The van der Waals surface area contributed by atoms with Gasteiger partial charge in [-0.3, -0.25) is 0 Å². The van der Waals surface area contributed by atoms with Gasteiger partial charge in [-0.05, 0) is 78.3 Å². The summed E-state index contributed by atoms with van der Waals surface area (Å²) in [5.74, 6) is 2.86. The molecule has 0 aliphatic carbocycles. The van der Waals surface area contributed by atoms with Crippen LogP contribution in [0, 0.1) is 0 Å². The Hall–Kier alpha value is -2.38. The Balaban J connectivity index is 1.39. The predicted octanol–water partition coefficient (Wildman–Crippen LogP) is 6.27. The molecule has 1 aromatic carbocycles. The molecule has 3 aromatic rings. The van der Waals surface area contributed by atoms with E-state index in [4.69, 9.17) is 4.98 Å². The molecule has 0 radical (unpaired) electrons. The van der Waals surface area contributed by atoms with Gasteiger partial charge in [0.25, 0.3) is 0 Å². The summed E-state index contributed by atoms with van der Waals surface area (Å²) in [6.07, 6.45) is 8.18. The van der Waals surface area contributed by atoms with E-state index in [1.807, 2.05) is 24.5 Å². The van der Waals surface area contributed by atoms with Gasteiger partial charge in [0.1, 0.15) is 11.6 Å². The molecule has 0 bridgehead atoms. The molecular formula is C28H35N5S2. The molecule has 0 atom stereocenters. The van der Waals surface area contributed by atoms with Crippen LogP contribution in [0.1, 0.15) is 49.8 Å². The minimum absolute atomic E-state index is 0.193. The zero-order chi connectivity index (χ0) is 24.4. The van der Waals surface area contributed by atoms with E-state index in [-0.39, 0.29) is 5.41 Å². The number of nitrogens with zero attached hydrogens (tertiary/aromatic N) is 4. The van der Waals surface area contributed by atoms with E-state index in [1.165, 1.54) is 35.2 Å². The van der Waals surface area contributed by atoms with Gasteiger partial charge in [0.15, 0.2) is 0 Å². The molecule has 5 nitrogen and oxygen atoms in total. The Morgan fingerprint density at radius 3 is 2.77 bits per heavy atom. The van der Waals surface area contributed by atoms with E-state index in [0.29, 0.717) is 0 Å². The SMILES string of the molecule is CC1(C)CCN(CCCCS)c2cc(Nc3nccc4c3CCN(c3ncccc3S)C4)ccc21. The highest BCUT2D eigenvalue weighted by Crippen LogP contribution is 2.41. The van der Waals surface area contributed by atoms with Gasteiger partial charge in [-0.1, -0.05) is 19.9 Å². The summed E-state index contributed by atoms with van der Waals surface area (Å²) in [5.41, 5.74) is 6.68. The minimum atomic E-state index is 0.193. The number of hydrogen-bond acceptors (Lipinski definition) is 7. The summed E-state index contributed by atoms with van der Waals surface area (Å²) in [4.78, 5) is 15.1. The number of pyridine rings is 2. The molecule has 2 aliphatic heterocycles. The van der Waals surface area contributed by atoms with E-state index in [0.717, 1.165) is 67.0 Å². The van der Waals surface area contributed by atoms with Crippen LogP contribution in [0.4, 0.5) is 23.0 Å². The van der Waals surface area contributed by atoms with Crippen molar-refractivity contribution in [3.8, 4) is 0 Å². The van der Waals surface area contributed by atoms with Crippen LogP contribution in [0.25, 0.3) is 0 Å². The van der Waals surface area contributed by atoms with Crippen LogP contribution in [-0.4, -0.2) is 35.4 Å². The summed E-state index contributed by atoms with van der Waals surface area (Å²) in [5, 5.41) is 3.66. The molecule has 2 aliphatic rings. The van der Waals surface area contributed by atoms with Gasteiger partial charge < -0.3 is 15.1 Å². The highest BCUT2D eigenvalue weighted by molar-refractivity contribution is 7.80. The van der Waals surface area contributed by atoms with Crippen molar-refractivity contribution >= 4 is 48.3 Å². The molecule has 0 fully saturated rings. The first-order valence-corrected chi connectivity index (χ1v) is 13.7. The van der Waals surface area contributed by atoms with Gasteiger partial charge >= 0.3 is 0 Å². The number of rotatable bonds is 7. The van der Waals surface area contributed by atoms with Crippen LogP contribution in [0.5, 0.6) is 0 Å². The number of aromatic nitrogens is 2. The van der Waals surface area contributed by atoms with Crippen LogP contribution >= 0.6 is 25.3 Å². The van der Waals surface area contributed by atoms with Crippen molar-refractivity contribution < 1.29 is 0 Å². The first kappa shape index (κ1) is 24.3. The van der Waals surface area contributed by atoms with Gasteiger partial charge in [-0.25, -0.2) is 9.97 Å². The normalized spacial score (nSPS) is 16.6. The number of thiol groups is 2. The maximum absolute atomic E-state index is 4.74. The number of unbranched alkanes of at least 4 members (excludes halogenated alkanes) is 1. The van der Waals surface area contributed by atoms with Crippen molar-refractivity contribution in [3.63, 3.8) is 0 Å². The fraction of sp³-hybridized carbons (Fsp3) is 0.429. The number of fused-ring (bicyclic) bond motifs is 2. The average molecular weight is 506 g/mol. The molecule has 0 saturated heterocycles. The maximum Gasteiger partial charge on any atom is 0.142 e. The predicted molar refractivity (Wildman–Crippen MR) is 153 cm³/mol. The molecule has 2 aromatic heterocycles. The number of benzene rings is 1. The molecule has 35 heavy (non-hydrogen) atoms. The molecule has 0 amide bonds. The molecule has 0 unspecified atom stereocenters. The molecule has 5 rings (SSSR count). The lowest BCUT2D eigenvalue weighted by Gasteiger charge is -2.40. The van der Waals surface area contributed by atoms with Gasteiger partial charge in [-0.15, -0.1) is 12.6 Å². The van der Waals surface area contributed by atoms with Crippen molar-refractivity contribution in [1.29, 1.82) is 0 Å². The van der Waals surface area contributed by atoms with Crippen LogP contribution in [0.15, 0.2) is 53.7 Å². The third-order valence-electron chi connectivity index (χ3n) is 7.38. The second-order valence-corrected chi connectivity index (χ2v) is 11.2. The Labute approximate surface area is 220 Å². The number of nitrogens with one attached hydrogen (secondary N) is 1. The largest absolute Gasteiger partial charge is 0.371 e. The Kier molecular flexibility index (Phi) is 7.17. The van der Waals surface area contributed by atoms with Crippen molar-refractivity contribution in [2.75, 3.05) is 40.5 Å². The molecule has 1 N–H and O–H groups in total. The molecular weight excluding hydrogens is 470 g/mol. The lowest BCUT2D eigenvalue weighted by molar-refractivity contribution is 0.452. The van der Waals surface area contributed by atoms with Crippen LogP contribution in [0.2, 0.25) is 0 Å². The van der Waals surface area contributed by atoms with Crippen molar-refractivity contribution in [2.24, 2.45) is 0 Å². The molecule has 0 saturated carbocycles. The van der Waals surface area contributed by atoms with Gasteiger partial charge in [0, 0.05) is 60.4 Å². The lowest BCUT2D eigenvalue weighted by atomic mass is 9.77. The third kappa shape index (κ3) is 5.12. The van der Waals surface area contributed by atoms with Crippen molar-refractivity contribution in [2.45, 2.75) is 56.4 Å². The Bertz CT molecular complexity index is 1200. The second-order valence-electron chi connectivity index (χ2n) is 10.2. The zero-order valence-corrected chi connectivity index (χ0v) is 22.5. The highest BCUT2D eigenvalue weighted by Gasteiger charge is 2.31. The quantitative estimate of drug-likeness (QED) is 0.261. The molecule has 184 valence electrons. The highest BCUT2D eigenvalue weighted by atomic mass is 32.1. The maximum atomic E-state index is 4.74. The Morgan fingerprint density at radius 1 is 1.06 bits per heavy atom. The zero-order valence-electron chi connectivity index (χ0n) is 20.7. The lowest BCUT2D eigenvalue weighted by Crippen LogP contribution is -2.37. The van der Waals surface area contributed by atoms with Crippen LogP contribution in [0.3, 0.4) is 0 Å². The van der Waals surface area contributed by atoms with Crippen molar-refractivity contribution in [1.82, 2.24) is 9.97 Å². The summed E-state index contributed by atoms with van der Waals surface area (Å²) < 4.78 is 0. The molecule has 0 spiro atoms. The molecule has 4 heterocycles. The fourth-order valence-corrected chi connectivity index (χ4v) is 5.82. The third-order valence-corrected chi connectivity index (χ3v) is 8.05. The summed E-state index contributed by atoms with van der Waals surface area (Å²) in [6, 6.07) is 12.9. The smallest absolute Gasteiger partial charge is 0.142 e. The second kappa shape index (κ2) is 10.3. The van der Waals surface area contributed by atoms with E-state index >= 15 is 0 Å². The average Bonchev–Trinajstić information content (AvgIpc) is 2.86. The summed E-state index contributed by atoms with van der Waals surface area (Å²) in [7, 11) is 0. The number of anilines is 4. The van der Waals surface area contributed by atoms with E-state index in [1.54, 1.807) is 0 Å². The van der Waals surface area contributed by atoms with Gasteiger partial charge in [0.05, 0.1) is 0 Å². The standard InChI is InChI=1S/C28H35N5S2/c1-28(2)11-16-32(14-3-4-17-34)24-18-21(7-8-23(24)28)31-26-22-10-15-33(19-20(22)9-13-29-26)27-25(35)6-5-12-30-27/h5-9,12-13,18,34-35H,3-4,10-11,14-17,19H2,1-2H3,(H,29,31). The first-order chi connectivity index (χ1) is 17.0. The van der Waals surface area contributed by atoms with Gasteiger partial charge in [-0.2, -0.15) is 12.6 Å². The monoisotopic (exact) mass is 505 g/mol. The number of hydrogen-bond donors (Lipinski definition) is 3. The first-order valence-electron chi connectivity index (χ1n) is 12.6. The molecule has 7 heteroatoms. The van der Waals surface area contributed by atoms with Gasteiger partial charge in [0.2, 0.25) is 0 Å². The minimum Gasteiger partial charge on any atom is -0.371 e. The van der Waals surface area contributed by atoms with E-state index in [2.05, 4.69) is 83.5 Å². The van der Waals surface area contributed by atoms with Crippen LogP contribution < -0.4 is 15.1 Å². The Morgan fingerprint density at radius 2 is 1.94 bits per heavy atom. The summed E-state index contributed by atoms with van der Waals surface area (Å²) in [6.45, 7) is 8.63. The van der Waals surface area contributed by atoms with Crippen LogP contribution in [-0.2, 0) is 18.4 Å². The fourth-order valence-electron chi connectivity index (χ4n) is 5.31. The topological polar surface area (TPSA) is 44.3 Å².